The van der Waals surface area contributed by atoms with Gasteiger partial charge in [-0.25, -0.2) is 0 Å². The monoisotopic (exact) mass is 398 g/mol. The predicted molar refractivity (Wildman–Crippen MR) is 106 cm³/mol. The van der Waals surface area contributed by atoms with Crippen LogP contribution in [0.4, 0.5) is 0 Å². The summed E-state index contributed by atoms with van der Waals surface area (Å²) in [6.07, 6.45) is 2.25. The van der Waals surface area contributed by atoms with E-state index in [1.54, 1.807) is 28.9 Å². The van der Waals surface area contributed by atoms with Crippen LogP contribution in [0.15, 0.2) is 24.4 Å². The van der Waals surface area contributed by atoms with Crippen LogP contribution in [0.25, 0.3) is 0 Å². The lowest BCUT2D eigenvalue weighted by molar-refractivity contribution is -0.131. The summed E-state index contributed by atoms with van der Waals surface area (Å²) in [6, 6.07) is 5.43. The number of hydrogen-bond donors (Lipinski definition) is 2. The van der Waals surface area contributed by atoms with E-state index in [9.17, 15) is 14.4 Å². The average molecular weight is 398 g/mol. The van der Waals surface area contributed by atoms with Gasteiger partial charge in [0.05, 0.1) is 11.6 Å². The Balaban J connectivity index is 1.49. The van der Waals surface area contributed by atoms with Crippen molar-refractivity contribution in [1.29, 1.82) is 0 Å². The number of hydrogen-bond acceptors (Lipinski definition) is 5. The molecule has 9 heteroatoms. The van der Waals surface area contributed by atoms with Crippen LogP contribution in [0.2, 0.25) is 0 Å². The van der Waals surface area contributed by atoms with E-state index >= 15 is 0 Å². The maximum atomic E-state index is 12.7. The van der Waals surface area contributed by atoms with E-state index in [1.807, 2.05) is 19.1 Å². The van der Waals surface area contributed by atoms with E-state index in [0.29, 0.717) is 38.3 Å². The molecule has 1 unspecified atom stereocenters. The maximum Gasteiger partial charge on any atom is 0.271 e. The van der Waals surface area contributed by atoms with Crippen LogP contribution in [-0.4, -0.2) is 57.0 Å². The van der Waals surface area contributed by atoms with Crippen LogP contribution in [-0.2, 0) is 23.2 Å². The van der Waals surface area contributed by atoms with Gasteiger partial charge in [-0.2, -0.15) is 5.10 Å². The number of fused-ring (bicyclic) bond motifs is 1. The molecule has 0 aliphatic carbocycles. The zero-order valence-corrected chi connectivity index (χ0v) is 16.9. The third kappa shape index (κ3) is 4.79. The van der Waals surface area contributed by atoms with Gasteiger partial charge >= 0.3 is 0 Å². The van der Waals surface area contributed by atoms with E-state index in [4.69, 9.17) is 0 Å². The zero-order valence-electron chi connectivity index (χ0n) is 16.9. The molecule has 3 heterocycles. The highest BCUT2D eigenvalue weighted by molar-refractivity contribution is 5.92. The van der Waals surface area contributed by atoms with Gasteiger partial charge in [0.1, 0.15) is 5.69 Å². The molecule has 0 radical (unpaired) electrons. The van der Waals surface area contributed by atoms with Crippen LogP contribution >= 0.6 is 0 Å². The molecule has 3 rings (SSSR count). The van der Waals surface area contributed by atoms with Gasteiger partial charge in [0.2, 0.25) is 11.8 Å². The summed E-state index contributed by atoms with van der Waals surface area (Å²) in [5.41, 5.74) is 2.90. The summed E-state index contributed by atoms with van der Waals surface area (Å²) in [6.45, 7) is 5.02. The largest absolute Gasteiger partial charge is 0.355 e. The van der Waals surface area contributed by atoms with Gasteiger partial charge in [0.15, 0.2) is 0 Å². The van der Waals surface area contributed by atoms with Gasteiger partial charge in [-0.3, -0.25) is 24.0 Å². The quantitative estimate of drug-likeness (QED) is 0.689. The molecule has 2 aromatic rings. The van der Waals surface area contributed by atoms with Gasteiger partial charge in [-0.1, -0.05) is 6.07 Å². The molecule has 1 aliphatic heterocycles. The zero-order chi connectivity index (χ0) is 21.0. The van der Waals surface area contributed by atoms with Gasteiger partial charge in [-0.05, 0) is 31.0 Å². The first-order valence-electron chi connectivity index (χ1n) is 9.62. The predicted octanol–water partition coefficient (Wildman–Crippen LogP) is 0.506. The van der Waals surface area contributed by atoms with Crippen molar-refractivity contribution in [2.24, 2.45) is 7.05 Å². The molecule has 0 spiro atoms. The first-order chi connectivity index (χ1) is 13.9. The Hall–Kier alpha value is -3.23. The topological polar surface area (TPSA) is 109 Å². The first kappa shape index (κ1) is 20.5. The highest BCUT2D eigenvalue weighted by Crippen LogP contribution is 2.26. The molecule has 2 aromatic heterocycles. The van der Waals surface area contributed by atoms with Crippen molar-refractivity contribution in [3.8, 4) is 0 Å². The molecule has 3 amide bonds. The fourth-order valence-electron chi connectivity index (χ4n) is 3.31. The van der Waals surface area contributed by atoms with Crippen LogP contribution < -0.4 is 10.6 Å². The second-order valence-electron chi connectivity index (χ2n) is 7.19. The number of nitrogens with zero attached hydrogens (tertiary/aromatic N) is 4. The lowest BCUT2D eigenvalue weighted by atomic mass is 9.94. The number of carbonyl (C=O) groups is 3. The van der Waals surface area contributed by atoms with Gasteiger partial charge < -0.3 is 15.5 Å². The Bertz CT molecular complexity index is 903. The summed E-state index contributed by atoms with van der Waals surface area (Å²) in [5.74, 6) is -0.954. The number of pyridine rings is 1. The van der Waals surface area contributed by atoms with Crippen molar-refractivity contribution in [2.75, 3.05) is 19.6 Å². The molecule has 9 nitrogen and oxygen atoms in total. The second kappa shape index (κ2) is 8.85. The van der Waals surface area contributed by atoms with Crippen LogP contribution in [0.5, 0.6) is 0 Å². The van der Waals surface area contributed by atoms with E-state index < -0.39 is 5.92 Å². The van der Waals surface area contributed by atoms with Crippen molar-refractivity contribution in [3.63, 3.8) is 0 Å². The normalized spacial score (nSPS) is 15.6. The molecule has 154 valence electrons. The molecule has 2 N–H and O–H groups in total. The third-order valence-electron chi connectivity index (χ3n) is 5.07. The smallest absolute Gasteiger partial charge is 0.271 e. The molecule has 1 aliphatic rings. The number of amides is 3. The first-order valence-corrected chi connectivity index (χ1v) is 9.62. The van der Waals surface area contributed by atoms with E-state index in [2.05, 4.69) is 20.7 Å². The Morgan fingerprint density at radius 3 is 2.69 bits per heavy atom. The minimum Gasteiger partial charge on any atom is -0.355 e. The van der Waals surface area contributed by atoms with E-state index in [0.717, 1.165) is 17.0 Å². The summed E-state index contributed by atoms with van der Waals surface area (Å²) < 4.78 is 1.65. The standard InChI is InChI=1S/C20H26N6O3/c1-13-10-17(24-25(13)3)20(29)23-9-5-8-22-19(28)16-12-26(14(2)27)11-15-6-4-7-21-18(15)16/h4,6-7,10,16H,5,8-9,11-12H2,1-3H3,(H,22,28)(H,23,29). The van der Waals surface area contributed by atoms with Crippen molar-refractivity contribution in [1.82, 2.24) is 30.3 Å². The Morgan fingerprint density at radius 1 is 1.24 bits per heavy atom. The molecule has 29 heavy (non-hydrogen) atoms. The molecule has 1 atom stereocenters. The maximum absolute atomic E-state index is 12.7. The molecule has 0 saturated carbocycles. The molecule has 0 bridgehead atoms. The Labute approximate surface area is 169 Å². The Morgan fingerprint density at radius 2 is 2.00 bits per heavy atom. The molecule has 0 fully saturated rings. The number of aromatic nitrogens is 3. The van der Waals surface area contributed by atoms with Gasteiger partial charge in [0.25, 0.3) is 5.91 Å². The average Bonchev–Trinajstić information content (AvgIpc) is 3.05. The summed E-state index contributed by atoms with van der Waals surface area (Å²) in [7, 11) is 1.78. The Kier molecular flexibility index (Phi) is 6.26. The number of nitrogens with one attached hydrogen (secondary N) is 2. The summed E-state index contributed by atoms with van der Waals surface area (Å²) >= 11 is 0. The highest BCUT2D eigenvalue weighted by atomic mass is 16.2. The van der Waals surface area contributed by atoms with Gasteiger partial charge in [-0.15, -0.1) is 0 Å². The fourth-order valence-corrected chi connectivity index (χ4v) is 3.31. The van der Waals surface area contributed by atoms with Crippen molar-refractivity contribution in [3.05, 3.63) is 47.0 Å². The van der Waals surface area contributed by atoms with Crippen molar-refractivity contribution >= 4 is 17.7 Å². The molecular formula is C20H26N6O3. The minimum absolute atomic E-state index is 0.0650. The molecule has 0 saturated heterocycles. The van der Waals surface area contributed by atoms with Gasteiger partial charge in [0, 0.05) is 52.0 Å². The van der Waals surface area contributed by atoms with Crippen LogP contribution in [0.3, 0.4) is 0 Å². The van der Waals surface area contributed by atoms with E-state index in [1.165, 1.54) is 6.92 Å². The number of aryl methyl sites for hydroxylation is 2. The van der Waals surface area contributed by atoms with Crippen LogP contribution in [0, 0.1) is 6.92 Å². The summed E-state index contributed by atoms with van der Waals surface area (Å²) in [4.78, 5) is 42.6. The lowest BCUT2D eigenvalue weighted by Crippen LogP contribution is -2.43. The van der Waals surface area contributed by atoms with E-state index in [-0.39, 0.29) is 17.7 Å². The fraction of sp³-hybridized carbons (Fsp3) is 0.450. The molecule has 0 aromatic carbocycles. The molecular weight excluding hydrogens is 372 g/mol. The summed E-state index contributed by atoms with van der Waals surface area (Å²) in [5, 5.41) is 9.83. The van der Waals surface area contributed by atoms with Crippen molar-refractivity contribution < 1.29 is 14.4 Å². The minimum atomic E-state index is -0.491. The number of carbonyl (C=O) groups excluding carboxylic acids is 3. The second-order valence-corrected chi connectivity index (χ2v) is 7.19. The lowest BCUT2D eigenvalue weighted by Gasteiger charge is -2.32. The highest BCUT2D eigenvalue weighted by Gasteiger charge is 2.32. The van der Waals surface area contributed by atoms with Crippen LogP contribution in [0.1, 0.15) is 46.7 Å². The third-order valence-corrected chi connectivity index (χ3v) is 5.07. The van der Waals surface area contributed by atoms with Crippen molar-refractivity contribution in [2.45, 2.75) is 32.7 Å². The SMILES string of the molecule is CC(=O)N1Cc2cccnc2C(C(=O)NCCCNC(=O)c2cc(C)n(C)n2)C1. The number of rotatable bonds is 6.